The maximum Gasteiger partial charge on any atom is 0.253 e. The van der Waals surface area contributed by atoms with Crippen LogP contribution in [0.5, 0.6) is 0 Å². The van der Waals surface area contributed by atoms with Gasteiger partial charge in [-0.05, 0) is 68.8 Å². The lowest BCUT2D eigenvalue weighted by Crippen LogP contribution is -2.35. The van der Waals surface area contributed by atoms with Gasteiger partial charge in [0.1, 0.15) is 0 Å². The fourth-order valence-electron chi connectivity index (χ4n) is 3.36. The van der Waals surface area contributed by atoms with Crippen LogP contribution in [-0.4, -0.2) is 37.0 Å². The minimum atomic E-state index is 0.223. The van der Waals surface area contributed by atoms with Gasteiger partial charge in [0.15, 0.2) is 0 Å². The Hall–Kier alpha value is -1.35. The highest BCUT2D eigenvalue weighted by Gasteiger charge is 2.20. The van der Waals surface area contributed by atoms with Crippen LogP contribution in [-0.2, 0) is 0 Å². The topological polar surface area (TPSA) is 32.3 Å². The lowest BCUT2D eigenvalue weighted by molar-refractivity contribution is 0.0724. The zero-order valence-electron chi connectivity index (χ0n) is 12.1. The van der Waals surface area contributed by atoms with Crippen LogP contribution in [0.15, 0.2) is 24.3 Å². The quantitative estimate of drug-likeness (QED) is 0.898. The summed E-state index contributed by atoms with van der Waals surface area (Å²) in [6.45, 7) is 4.04. The van der Waals surface area contributed by atoms with Crippen LogP contribution in [0.25, 0.3) is 0 Å². The molecular formula is C17H24N2O. The van der Waals surface area contributed by atoms with Crippen LogP contribution in [0.3, 0.4) is 0 Å². The van der Waals surface area contributed by atoms with Crippen molar-refractivity contribution in [1.29, 1.82) is 0 Å². The third-order valence-corrected chi connectivity index (χ3v) is 4.59. The van der Waals surface area contributed by atoms with Crippen molar-refractivity contribution in [3.8, 4) is 0 Å². The van der Waals surface area contributed by atoms with Crippen molar-refractivity contribution < 1.29 is 4.79 Å². The maximum absolute atomic E-state index is 12.5. The summed E-state index contributed by atoms with van der Waals surface area (Å²) in [5.74, 6) is 0.839. The van der Waals surface area contributed by atoms with Gasteiger partial charge < -0.3 is 10.2 Å². The second-order valence-electron chi connectivity index (χ2n) is 6.00. The number of hydrogen-bond acceptors (Lipinski definition) is 2. The van der Waals surface area contributed by atoms with Crippen molar-refractivity contribution in [3.63, 3.8) is 0 Å². The van der Waals surface area contributed by atoms with E-state index in [9.17, 15) is 4.79 Å². The molecule has 1 amide bonds. The fraction of sp³-hybridized carbons (Fsp3) is 0.588. The smallest absolute Gasteiger partial charge is 0.253 e. The van der Waals surface area contributed by atoms with E-state index < -0.39 is 0 Å². The van der Waals surface area contributed by atoms with Gasteiger partial charge in [0.25, 0.3) is 5.91 Å². The number of amides is 1. The number of likely N-dealkylation sites (tertiary alicyclic amines) is 1. The first-order valence-corrected chi connectivity index (χ1v) is 7.94. The largest absolute Gasteiger partial charge is 0.339 e. The molecule has 3 heteroatoms. The van der Waals surface area contributed by atoms with Crippen molar-refractivity contribution in [2.24, 2.45) is 0 Å². The Morgan fingerprint density at radius 3 is 2.60 bits per heavy atom. The summed E-state index contributed by atoms with van der Waals surface area (Å²) in [6.07, 6.45) is 5.93. The second kappa shape index (κ2) is 6.40. The van der Waals surface area contributed by atoms with E-state index in [1.807, 2.05) is 11.0 Å². The van der Waals surface area contributed by atoms with Gasteiger partial charge in [0.2, 0.25) is 0 Å². The molecule has 1 aromatic rings. The molecule has 2 aliphatic heterocycles. The van der Waals surface area contributed by atoms with E-state index in [-0.39, 0.29) is 5.91 Å². The van der Waals surface area contributed by atoms with Crippen molar-refractivity contribution in [1.82, 2.24) is 10.2 Å². The van der Waals surface area contributed by atoms with Crippen molar-refractivity contribution >= 4 is 5.91 Å². The van der Waals surface area contributed by atoms with Gasteiger partial charge in [-0.2, -0.15) is 0 Å². The molecule has 0 bridgehead atoms. The number of carbonyl (C=O) groups is 1. The molecular weight excluding hydrogens is 248 g/mol. The van der Waals surface area contributed by atoms with Crippen LogP contribution in [0, 0.1) is 0 Å². The molecule has 0 aromatic heterocycles. The number of nitrogens with zero attached hydrogens (tertiary/aromatic N) is 1. The first-order chi connectivity index (χ1) is 9.84. The van der Waals surface area contributed by atoms with Crippen LogP contribution in [0.4, 0.5) is 0 Å². The van der Waals surface area contributed by atoms with E-state index in [2.05, 4.69) is 23.5 Å². The molecule has 0 radical (unpaired) electrons. The molecule has 0 atom stereocenters. The van der Waals surface area contributed by atoms with Gasteiger partial charge in [-0.1, -0.05) is 12.1 Å². The highest BCUT2D eigenvalue weighted by molar-refractivity contribution is 5.94. The third-order valence-electron chi connectivity index (χ3n) is 4.59. The molecule has 0 saturated carbocycles. The number of benzene rings is 1. The summed E-state index contributed by atoms with van der Waals surface area (Å²) in [5, 5.41) is 3.40. The normalized spacial score (nSPS) is 20.9. The lowest BCUT2D eigenvalue weighted by Gasteiger charge is -2.27. The zero-order valence-corrected chi connectivity index (χ0v) is 12.1. The monoisotopic (exact) mass is 272 g/mol. The van der Waals surface area contributed by atoms with Crippen LogP contribution < -0.4 is 5.32 Å². The molecule has 20 heavy (non-hydrogen) atoms. The average molecular weight is 272 g/mol. The maximum atomic E-state index is 12.5. The average Bonchev–Trinajstić information content (AvgIpc) is 2.56. The summed E-state index contributed by atoms with van der Waals surface area (Å²) in [6, 6.07) is 8.34. The van der Waals surface area contributed by atoms with Gasteiger partial charge in [0, 0.05) is 18.7 Å². The van der Waals surface area contributed by atoms with E-state index in [1.54, 1.807) is 0 Å². The predicted octanol–water partition coefficient (Wildman–Crippen LogP) is 2.78. The Morgan fingerprint density at radius 1 is 1.10 bits per heavy atom. The summed E-state index contributed by atoms with van der Waals surface area (Å²) in [5.41, 5.74) is 2.22. The molecule has 3 rings (SSSR count). The summed E-state index contributed by atoms with van der Waals surface area (Å²) in [7, 11) is 0. The van der Waals surface area contributed by atoms with Gasteiger partial charge in [-0.3, -0.25) is 4.79 Å². The molecule has 1 N–H and O–H groups in total. The van der Waals surface area contributed by atoms with E-state index in [0.29, 0.717) is 5.92 Å². The molecule has 0 aliphatic carbocycles. The minimum Gasteiger partial charge on any atom is -0.339 e. The molecule has 2 fully saturated rings. The Morgan fingerprint density at radius 2 is 1.85 bits per heavy atom. The molecule has 0 spiro atoms. The van der Waals surface area contributed by atoms with Crippen LogP contribution in [0.1, 0.15) is 53.9 Å². The zero-order chi connectivity index (χ0) is 13.8. The van der Waals surface area contributed by atoms with E-state index in [4.69, 9.17) is 0 Å². The first kappa shape index (κ1) is 13.6. The Balaban J connectivity index is 1.74. The highest BCUT2D eigenvalue weighted by atomic mass is 16.2. The Kier molecular flexibility index (Phi) is 4.36. The van der Waals surface area contributed by atoms with Crippen molar-refractivity contribution in [3.05, 3.63) is 35.4 Å². The minimum absolute atomic E-state index is 0.223. The SMILES string of the molecule is O=C(c1cccc(C2CCNCC2)c1)N1CCCCC1. The Bertz CT molecular complexity index is 460. The molecule has 2 saturated heterocycles. The molecule has 3 nitrogen and oxygen atoms in total. The van der Waals surface area contributed by atoms with Crippen LogP contribution in [0.2, 0.25) is 0 Å². The fourth-order valence-corrected chi connectivity index (χ4v) is 3.36. The Labute approximate surface area is 121 Å². The third kappa shape index (κ3) is 3.04. The lowest BCUT2D eigenvalue weighted by atomic mass is 9.89. The molecule has 0 unspecified atom stereocenters. The van der Waals surface area contributed by atoms with E-state index in [0.717, 1.165) is 44.6 Å². The van der Waals surface area contributed by atoms with E-state index in [1.165, 1.54) is 24.8 Å². The standard InChI is InChI=1S/C17H24N2O/c20-17(19-11-2-1-3-12-19)16-6-4-5-15(13-16)14-7-9-18-10-8-14/h4-6,13-14,18H,1-3,7-12H2. The van der Waals surface area contributed by atoms with Gasteiger partial charge >= 0.3 is 0 Å². The molecule has 1 aromatic carbocycles. The highest BCUT2D eigenvalue weighted by Crippen LogP contribution is 2.26. The summed E-state index contributed by atoms with van der Waals surface area (Å²) >= 11 is 0. The second-order valence-corrected chi connectivity index (χ2v) is 6.00. The molecule has 2 heterocycles. The van der Waals surface area contributed by atoms with Crippen LogP contribution >= 0.6 is 0 Å². The number of hydrogen-bond donors (Lipinski definition) is 1. The van der Waals surface area contributed by atoms with E-state index >= 15 is 0 Å². The van der Waals surface area contributed by atoms with Crippen molar-refractivity contribution in [2.45, 2.75) is 38.0 Å². The summed E-state index contributed by atoms with van der Waals surface area (Å²) in [4.78, 5) is 14.6. The van der Waals surface area contributed by atoms with Gasteiger partial charge in [0.05, 0.1) is 0 Å². The summed E-state index contributed by atoms with van der Waals surface area (Å²) < 4.78 is 0. The number of piperidine rings is 2. The van der Waals surface area contributed by atoms with Gasteiger partial charge in [-0.25, -0.2) is 0 Å². The number of rotatable bonds is 2. The number of carbonyl (C=O) groups excluding carboxylic acids is 1. The molecule has 108 valence electrons. The molecule has 2 aliphatic rings. The van der Waals surface area contributed by atoms with Gasteiger partial charge in [-0.15, -0.1) is 0 Å². The first-order valence-electron chi connectivity index (χ1n) is 7.94. The van der Waals surface area contributed by atoms with Crippen molar-refractivity contribution in [2.75, 3.05) is 26.2 Å². The predicted molar refractivity (Wildman–Crippen MR) is 81.0 cm³/mol. The number of nitrogens with one attached hydrogen (secondary N) is 1.